The monoisotopic (exact) mass is 477 g/mol. The van der Waals surface area contributed by atoms with Crippen LogP contribution in [0.4, 0.5) is 0 Å². The summed E-state index contributed by atoms with van der Waals surface area (Å²) in [7, 11) is 3.47. The van der Waals surface area contributed by atoms with Crippen LogP contribution < -0.4 is 14.8 Å². The normalized spacial score (nSPS) is 18.4. The minimum absolute atomic E-state index is 0.0709. The summed E-state index contributed by atoms with van der Waals surface area (Å²) in [6.07, 6.45) is 5.21. The fourth-order valence-corrected chi connectivity index (χ4v) is 4.72. The van der Waals surface area contributed by atoms with Crippen LogP contribution in [0.5, 0.6) is 11.5 Å². The third-order valence-electron chi connectivity index (χ3n) is 6.71. The predicted molar refractivity (Wildman–Crippen MR) is 132 cm³/mol. The highest BCUT2D eigenvalue weighted by Crippen LogP contribution is 2.39. The van der Waals surface area contributed by atoms with Crippen molar-refractivity contribution in [2.75, 3.05) is 46.9 Å². The van der Waals surface area contributed by atoms with E-state index in [1.54, 1.807) is 43.5 Å². The lowest BCUT2D eigenvalue weighted by molar-refractivity contribution is 0.0490. The number of nitrogens with zero attached hydrogens (tertiary/aromatic N) is 3. The van der Waals surface area contributed by atoms with Crippen molar-refractivity contribution in [1.29, 1.82) is 0 Å². The lowest BCUT2D eigenvalue weighted by Crippen LogP contribution is -2.45. The van der Waals surface area contributed by atoms with E-state index in [4.69, 9.17) is 9.47 Å². The summed E-state index contributed by atoms with van der Waals surface area (Å²) in [6.45, 7) is 3.86. The molecule has 1 atom stereocenters. The molecule has 2 aliphatic rings. The third kappa shape index (κ3) is 5.09. The van der Waals surface area contributed by atoms with Gasteiger partial charge in [-0.05, 0) is 62.2 Å². The molecule has 4 heterocycles. The van der Waals surface area contributed by atoms with Gasteiger partial charge < -0.3 is 24.7 Å². The minimum atomic E-state index is -0.0853. The molecule has 2 amide bonds. The highest BCUT2D eigenvalue weighted by molar-refractivity contribution is 6.00. The van der Waals surface area contributed by atoms with Gasteiger partial charge in [0.2, 0.25) is 0 Å². The van der Waals surface area contributed by atoms with Gasteiger partial charge in [-0.2, -0.15) is 0 Å². The highest BCUT2D eigenvalue weighted by atomic mass is 16.6. The van der Waals surface area contributed by atoms with Crippen molar-refractivity contribution in [3.05, 3.63) is 54.0 Å². The Balaban J connectivity index is 1.15. The lowest BCUT2D eigenvalue weighted by atomic mass is 9.96. The van der Waals surface area contributed by atoms with E-state index in [0.717, 1.165) is 43.4 Å². The molecule has 1 aromatic carbocycles. The number of amides is 2. The van der Waals surface area contributed by atoms with E-state index >= 15 is 0 Å². The Hall–Kier alpha value is -3.59. The second kappa shape index (κ2) is 9.95. The molecule has 9 nitrogen and oxygen atoms in total. The molecule has 2 N–H and O–H groups in total. The zero-order valence-corrected chi connectivity index (χ0v) is 20.1. The fourth-order valence-electron chi connectivity index (χ4n) is 4.72. The molecule has 1 fully saturated rings. The zero-order valence-electron chi connectivity index (χ0n) is 20.1. The summed E-state index contributed by atoms with van der Waals surface area (Å²) in [5.41, 5.74) is 1.98. The summed E-state index contributed by atoms with van der Waals surface area (Å²) in [4.78, 5) is 35.8. The summed E-state index contributed by atoms with van der Waals surface area (Å²) in [6, 6.07) is 9.19. The molecule has 1 saturated heterocycles. The van der Waals surface area contributed by atoms with E-state index in [9.17, 15) is 9.59 Å². The van der Waals surface area contributed by atoms with Crippen LogP contribution in [-0.4, -0.2) is 84.6 Å². The quantitative estimate of drug-likeness (QED) is 0.566. The first-order valence-corrected chi connectivity index (χ1v) is 12.1. The number of carbonyl (C=O) groups excluding carboxylic acids is 2. The maximum atomic E-state index is 12.4. The minimum Gasteiger partial charge on any atom is -0.486 e. The first-order valence-electron chi connectivity index (χ1n) is 12.1. The molecule has 35 heavy (non-hydrogen) atoms. The number of H-pyrrole nitrogens is 1. The van der Waals surface area contributed by atoms with Crippen molar-refractivity contribution in [3.63, 3.8) is 0 Å². The molecule has 0 saturated carbocycles. The Bertz CT molecular complexity index is 1200. The van der Waals surface area contributed by atoms with E-state index < -0.39 is 0 Å². The van der Waals surface area contributed by atoms with Crippen LogP contribution in [0.1, 0.15) is 33.7 Å². The maximum absolute atomic E-state index is 12.4. The second-order valence-corrected chi connectivity index (χ2v) is 9.48. The highest BCUT2D eigenvalue weighted by Gasteiger charge is 2.28. The topological polar surface area (TPSA) is 99.8 Å². The second-order valence-electron chi connectivity index (χ2n) is 9.48. The molecule has 0 aliphatic carbocycles. The average molecular weight is 478 g/mol. The zero-order chi connectivity index (χ0) is 24.4. The molecule has 3 aromatic rings. The number of piperidine rings is 1. The van der Waals surface area contributed by atoms with Gasteiger partial charge in [0.1, 0.15) is 18.4 Å². The molecule has 9 heteroatoms. The molecule has 5 rings (SSSR count). The molecular formula is C26H31N5O4. The number of aromatic amines is 1. The molecule has 2 aliphatic heterocycles. The molecule has 2 aromatic heterocycles. The van der Waals surface area contributed by atoms with Gasteiger partial charge >= 0.3 is 0 Å². The third-order valence-corrected chi connectivity index (χ3v) is 6.71. The lowest BCUT2D eigenvalue weighted by Gasteiger charge is -2.35. The van der Waals surface area contributed by atoms with Crippen LogP contribution in [0.3, 0.4) is 0 Å². The van der Waals surface area contributed by atoms with Crippen molar-refractivity contribution >= 4 is 22.7 Å². The number of hydrogen-bond acceptors (Lipinski definition) is 6. The van der Waals surface area contributed by atoms with Crippen molar-refractivity contribution < 1.29 is 19.1 Å². The number of rotatable bonds is 6. The first kappa shape index (κ1) is 23.2. The molecular weight excluding hydrogens is 446 g/mol. The number of likely N-dealkylation sites (tertiary alicyclic amines) is 1. The van der Waals surface area contributed by atoms with Crippen LogP contribution in [0.15, 0.2) is 42.7 Å². The molecule has 0 radical (unpaired) electrons. The Kier molecular flexibility index (Phi) is 6.59. The number of hydrogen-bond donors (Lipinski definition) is 2. The smallest absolute Gasteiger partial charge is 0.269 e. The van der Waals surface area contributed by atoms with Gasteiger partial charge in [-0.3, -0.25) is 19.5 Å². The fraction of sp³-hybridized carbons (Fsp3) is 0.423. The number of fused-ring (bicyclic) bond motifs is 3. The van der Waals surface area contributed by atoms with Gasteiger partial charge in [-0.25, -0.2) is 0 Å². The van der Waals surface area contributed by atoms with Crippen molar-refractivity contribution in [2.45, 2.75) is 18.9 Å². The summed E-state index contributed by atoms with van der Waals surface area (Å²) < 4.78 is 12.4. The van der Waals surface area contributed by atoms with E-state index in [2.05, 4.69) is 20.2 Å². The predicted octanol–water partition coefficient (Wildman–Crippen LogP) is 2.55. The molecule has 184 valence electrons. The van der Waals surface area contributed by atoms with Crippen LogP contribution in [0, 0.1) is 5.92 Å². The number of benzene rings is 1. The SMILES string of the molecule is CN(C)C(=O)c1cc2c3c(ccc2[nH]1)OCC(CN1CCC(CNC(=O)c2cccnc2)CC1)O3. The Morgan fingerprint density at radius 2 is 2.06 bits per heavy atom. The van der Waals surface area contributed by atoms with Gasteiger partial charge in [0.05, 0.1) is 11.1 Å². The van der Waals surface area contributed by atoms with E-state index in [1.165, 1.54) is 0 Å². The van der Waals surface area contributed by atoms with E-state index in [1.807, 2.05) is 18.2 Å². The standard InChI is InChI=1S/C26H31N5O4/c1-30(2)26(33)22-12-20-21(29-22)5-6-23-24(20)35-19(16-34-23)15-31-10-7-17(8-11-31)13-28-25(32)18-4-3-9-27-14-18/h3-6,9,12,14,17,19,29H,7-8,10-11,13,15-16H2,1-2H3,(H,28,32). The van der Waals surface area contributed by atoms with Gasteiger partial charge in [-0.15, -0.1) is 0 Å². The van der Waals surface area contributed by atoms with E-state index in [-0.39, 0.29) is 17.9 Å². The van der Waals surface area contributed by atoms with Crippen molar-refractivity contribution in [2.24, 2.45) is 5.92 Å². The molecule has 0 spiro atoms. The van der Waals surface area contributed by atoms with Crippen LogP contribution >= 0.6 is 0 Å². The summed E-state index contributed by atoms with van der Waals surface area (Å²) in [5, 5.41) is 3.90. The number of carbonyl (C=O) groups is 2. The first-order chi connectivity index (χ1) is 17.0. The number of pyridine rings is 1. The Labute approximate surface area is 204 Å². The summed E-state index contributed by atoms with van der Waals surface area (Å²) in [5.74, 6) is 1.71. The van der Waals surface area contributed by atoms with Gasteiger partial charge in [0, 0.05) is 45.0 Å². The molecule has 0 bridgehead atoms. The van der Waals surface area contributed by atoms with Gasteiger partial charge in [-0.1, -0.05) is 0 Å². The number of ether oxygens (including phenoxy) is 2. The summed E-state index contributed by atoms with van der Waals surface area (Å²) >= 11 is 0. The van der Waals surface area contributed by atoms with Crippen molar-refractivity contribution in [1.82, 2.24) is 25.1 Å². The number of nitrogens with one attached hydrogen (secondary N) is 2. The van der Waals surface area contributed by atoms with Crippen molar-refractivity contribution in [3.8, 4) is 11.5 Å². The Morgan fingerprint density at radius 3 is 2.80 bits per heavy atom. The van der Waals surface area contributed by atoms with Crippen LogP contribution in [0.25, 0.3) is 10.9 Å². The Morgan fingerprint density at radius 1 is 1.23 bits per heavy atom. The molecule has 1 unspecified atom stereocenters. The van der Waals surface area contributed by atoms with E-state index in [0.29, 0.717) is 41.8 Å². The largest absolute Gasteiger partial charge is 0.486 e. The van der Waals surface area contributed by atoms with Crippen LogP contribution in [0.2, 0.25) is 0 Å². The van der Waals surface area contributed by atoms with Gasteiger partial charge in [0.25, 0.3) is 11.8 Å². The van der Waals surface area contributed by atoms with Crippen LogP contribution in [-0.2, 0) is 0 Å². The number of aromatic nitrogens is 2. The average Bonchev–Trinajstić information content (AvgIpc) is 3.33. The maximum Gasteiger partial charge on any atom is 0.269 e. The van der Waals surface area contributed by atoms with Gasteiger partial charge in [0.15, 0.2) is 11.5 Å².